The smallest absolute Gasteiger partial charge is 0.348 e. The number of benzene rings is 2. The summed E-state index contributed by atoms with van der Waals surface area (Å²) >= 11 is 19.1. The number of hydrogen-bond acceptors (Lipinski definition) is 4. The van der Waals surface area contributed by atoms with Gasteiger partial charge in [-0.05, 0) is 48.9 Å². The van der Waals surface area contributed by atoms with Gasteiger partial charge in [-0.25, -0.2) is 4.79 Å². The van der Waals surface area contributed by atoms with E-state index in [4.69, 9.17) is 39.3 Å². The van der Waals surface area contributed by atoms with Crippen LogP contribution >= 0.6 is 53.7 Å². The summed E-state index contributed by atoms with van der Waals surface area (Å²) in [4.78, 5) is 12.5. The predicted molar refractivity (Wildman–Crippen MR) is 121 cm³/mol. The third kappa shape index (κ3) is 4.97. The predicted octanol–water partition coefficient (Wildman–Crippen LogP) is 7.04. The minimum Gasteiger partial charge on any atom is -0.477 e. The molecule has 5 nitrogen and oxygen atoms in total. The molecule has 0 spiro atoms. The largest absolute Gasteiger partial charge is 0.477 e. The molecular formula is C19H15Cl3NO4PS. The summed E-state index contributed by atoms with van der Waals surface area (Å²) in [6, 6.07) is 13.1. The molecule has 1 aromatic heterocycles. The molecule has 1 unspecified atom stereocenters. The van der Waals surface area contributed by atoms with Gasteiger partial charge in [0, 0.05) is 14.9 Å². The average Bonchev–Trinajstić information content (AvgIpc) is 3.06. The van der Waals surface area contributed by atoms with Crippen molar-refractivity contribution < 1.29 is 19.0 Å². The minimum atomic E-state index is -3.72. The molecule has 0 bridgehead atoms. The van der Waals surface area contributed by atoms with Crippen LogP contribution in [0.3, 0.4) is 0 Å². The van der Waals surface area contributed by atoms with Gasteiger partial charge in [0.15, 0.2) is 0 Å². The van der Waals surface area contributed by atoms with E-state index in [1.165, 1.54) is 12.1 Å². The Bertz CT molecular complexity index is 1100. The van der Waals surface area contributed by atoms with Gasteiger partial charge < -0.3 is 14.7 Å². The van der Waals surface area contributed by atoms with E-state index in [9.17, 15) is 14.5 Å². The van der Waals surface area contributed by atoms with Crippen LogP contribution in [0, 0.1) is 0 Å². The van der Waals surface area contributed by atoms with Crippen molar-refractivity contribution in [3.63, 3.8) is 0 Å². The van der Waals surface area contributed by atoms with Crippen molar-refractivity contribution in [2.75, 3.05) is 11.7 Å². The molecule has 0 amide bonds. The molecule has 3 rings (SSSR count). The number of thiophene rings is 1. The maximum atomic E-state index is 13.6. The quantitative estimate of drug-likeness (QED) is 0.347. The van der Waals surface area contributed by atoms with E-state index in [0.717, 1.165) is 16.9 Å². The molecule has 0 radical (unpaired) electrons. The Balaban J connectivity index is 2.06. The van der Waals surface area contributed by atoms with Crippen LogP contribution in [0.15, 0.2) is 48.5 Å². The molecule has 1 atom stereocenters. The monoisotopic (exact) mass is 489 g/mol. The fourth-order valence-corrected chi connectivity index (χ4v) is 6.31. The first-order valence-corrected chi connectivity index (χ1v) is 11.9. The Morgan fingerprint density at radius 3 is 2.34 bits per heavy atom. The Kier molecular flexibility index (Phi) is 6.94. The zero-order valence-electron chi connectivity index (χ0n) is 15.0. The molecule has 0 saturated heterocycles. The van der Waals surface area contributed by atoms with Gasteiger partial charge in [-0.3, -0.25) is 4.57 Å². The molecule has 10 heteroatoms. The van der Waals surface area contributed by atoms with E-state index in [-0.39, 0.29) is 27.5 Å². The van der Waals surface area contributed by atoms with E-state index < -0.39 is 13.5 Å². The van der Waals surface area contributed by atoms with Crippen molar-refractivity contribution in [3.8, 4) is 10.4 Å². The average molecular weight is 491 g/mol. The summed E-state index contributed by atoms with van der Waals surface area (Å²) < 4.78 is 19.1. The van der Waals surface area contributed by atoms with E-state index in [0.29, 0.717) is 14.9 Å². The van der Waals surface area contributed by atoms with E-state index in [2.05, 4.69) is 5.09 Å². The molecule has 2 aromatic carbocycles. The molecule has 0 aliphatic carbocycles. The van der Waals surface area contributed by atoms with Crippen LogP contribution in [-0.2, 0) is 9.09 Å². The van der Waals surface area contributed by atoms with Crippen LogP contribution in [0.25, 0.3) is 10.4 Å². The van der Waals surface area contributed by atoms with Gasteiger partial charge in [0.25, 0.3) is 0 Å². The van der Waals surface area contributed by atoms with E-state index in [1.807, 2.05) is 0 Å². The first-order chi connectivity index (χ1) is 13.7. The van der Waals surface area contributed by atoms with Gasteiger partial charge in [0.1, 0.15) is 4.88 Å². The number of halogens is 3. The lowest BCUT2D eigenvalue weighted by molar-refractivity contribution is 0.0703. The third-order valence-corrected chi connectivity index (χ3v) is 8.15. The summed E-state index contributed by atoms with van der Waals surface area (Å²) in [6.45, 7) is 1.81. The van der Waals surface area contributed by atoms with Gasteiger partial charge in [-0.1, -0.05) is 46.9 Å². The first kappa shape index (κ1) is 22.2. The molecule has 2 N–H and O–H groups in total. The molecule has 3 aromatic rings. The van der Waals surface area contributed by atoms with Gasteiger partial charge in [0.2, 0.25) is 0 Å². The summed E-state index contributed by atoms with van der Waals surface area (Å²) in [5.74, 6) is -1.15. The van der Waals surface area contributed by atoms with Crippen molar-refractivity contribution >= 4 is 70.6 Å². The van der Waals surface area contributed by atoms with Crippen LogP contribution in [0.1, 0.15) is 16.6 Å². The summed E-state index contributed by atoms with van der Waals surface area (Å²) in [5, 5.41) is 13.7. The van der Waals surface area contributed by atoms with Crippen LogP contribution in [-0.4, -0.2) is 17.7 Å². The molecule has 1 heterocycles. The SMILES string of the molecule is CCOP(=O)(Nc1cc(-c2ccc(Cl)cc2)sc1C(=O)O)c1ccc(Cl)cc1Cl. The number of carbonyl (C=O) groups is 1. The third-order valence-electron chi connectivity index (χ3n) is 3.86. The summed E-state index contributed by atoms with van der Waals surface area (Å²) in [5.41, 5.74) is 0.959. The van der Waals surface area contributed by atoms with Crippen molar-refractivity contribution in [1.82, 2.24) is 0 Å². The number of anilines is 1. The first-order valence-electron chi connectivity index (χ1n) is 8.35. The number of rotatable bonds is 7. The fraction of sp³-hybridized carbons (Fsp3) is 0.105. The van der Waals surface area contributed by atoms with Crippen molar-refractivity contribution in [2.24, 2.45) is 0 Å². The van der Waals surface area contributed by atoms with Crippen molar-refractivity contribution in [1.29, 1.82) is 0 Å². The summed E-state index contributed by atoms with van der Waals surface area (Å²) in [7, 11) is -3.72. The molecular weight excluding hydrogens is 476 g/mol. The Morgan fingerprint density at radius 1 is 1.10 bits per heavy atom. The van der Waals surface area contributed by atoms with Gasteiger partial charge in [0.05, 0.1) is 22.6 Å². The standard InChI is InChI=1S/C19H15Cl3NO4PS/c1-2-27-28(26,16-8-7-13(21)9-14(16)22)23-15-10-17(29-18(15)19(24)25)11-3-5-12(20)6-4-11/h3-10H,2H2,1H3,(H,23,26)(H,24,25). The maximum Gasteiger partial charge on any atom is 0.348 e. The number of carboxylic acids is 1. The van der Waals surface area contributed by atoms with Gasteiger partial charge in [-0.15, -0.1) is 11.3 Å². The second-order valence-corrected chi connectivity index (χ2v) is 10.2. The van der Waals surface area contributed by atoms with Crippen molar-refractivity contribution in [2.45, 2.75) is 6.92 Å². The Morgan fingerprint density at radius 2 is 1.76 bits per heavy atom. The van der Waals surface area contributed by atoms with Crippen molar-refractivity contribution in [3.05, 3.63) is 68.5 Å². The molecule has 29 heavy (non-hydrogen) atoms. The normalized spacial score (nSPS) is 13.1. The van der Waals surface area contributed by atoms with Crippen LogP contribution < -0.4 is 10.4 Å². The lowest BCUT2D eigenvalue weighted by Gasteiger charge is -2.21. The van der Waals surface area contributed by atoms with Crippen LogP contribution in [0.2, 0.25) is 15.1 Å². The number of hydrogen-bond donors (Lipinski definition) is 2. The molecule has 152 valence electrons. The second-order valence-electron chi connectivity index (χ2n) is 5.84. The molecule has 0 saturated carbocycles. The number of aromatic carboxylic acids is 1. The number of nitrogens with one attached hydrogen (secondary N) is 1. The Hall–Kier alpha value is -1.53. The minimum absolute atomic E-state index is 0.0000333. The second kappa shape index (κ2) is 9.09. The van der Waals surface area contributed by atoms with Crippen LogP contribution in [0.4, 0.5) is 5.69 Å². The van der Waals surface area contributed by atoms with Gasteiger partial charge in [-0.2, -0.15) is 0 Å². The van der Waals surface area contributed by atoms with E-state index >= 15 is 0 Å². The molecule has 0 aliphatic heterocycles. The van der Waals surface area contributed by atoms with Gasteiger partial charge >= 0.3 is 13.5 Å². The maximum absolute atomic E-state index is 13.6. The summed E-state index contributed by atoms with van der Waals surface area (Å²) in [6.07, 6.45) is 0. The zero-order chi connectivity index (χ0) is 21.2. The topological polar surface area (TPSA) is 75.6 Å². The highest BCUT2D eigenvalue weighted by molar-refractivity contribution is 7.68. The lowest BCUT2D eigenvalue weighted by atomic mass is 10.2. The van der Waals surface area contributed by atoms with E-state index in [1.54, 1.807) is 43.3 Å². The number of carboxylic acid groups (broad SMARTS) is 1. The zero-order valence-corrected chi connectivity index (χ0v) is 19.0. The van der Waals surface area contributed by atoms with Crippen LogP contribution in [0.5, 0.6) is 0 Å². The highest BCUT2D eigenvalue weighted by Gasteiger charge is 2.31. The highest BCUT2D eigenvalue weighted by atomic mass is 35.5. The molecule has 0 fully saturated rings. The highest BCUT2D eigenvalue weighted by Crippen LogP contribution is 2.50. The molecule has 0 aliphatic rings. The fourth-order valence-electron chi connectivity index (χ4n) is 2.61. The lowest BCUT2D eigenvalue weighted by Crippen LogP contribution is -2.16. The Labute approximate surface area is 186 Å².